The number of nitrogens with one attached hydrogen (secondary N) is 3. The molecule has 3 unspecified atom stereocenters. The summed E-state index contributed by atoms with van der Waals surface area (Å²) >= 11 is 0. The quantitative estimate of drug-likeness (QED) is 0.449. The molecule has 0 saturated carbocycles. The van der Waals surface area contributed by atoms with Crippen molar-refractivity contribution in [3.05, 3.63) is 70.4 Å². The lowest BCUT2D eigenvalue weighted by molar-refractivity contribution is -0.117. The van der Waals surface area contributed by atoms with Crippen LogP contribution < -0.4 is 25.6 Å². The first kappa shape index (κ1) is 22.4. The van der Waals surface area contributed by atoms with Crippen molar-refractivity contribution in [1.29, 1.82) is 0 Å². The van der Waals surface area contributed by atoms with E-state index in [1.54, 1.807) is 26.4 Å². The standard InChI is InChI=1S/C25H27N3O6/c1-33-18-8-7-14(11-19(18)34-2)15-9-16-21(17(29)10-15)20(22-23(26-16)27-28-24(22)30)12-3-5-13(6-4-12)25(31)32/h3-8,11,15,20,22-24,26-28,30H,9-10H2,1-2H3,(H,31,32)/t15-,20-,22?,23?,24?/m1/s1. The molecule has 0 spiro atoms. The van der Waals surface area contributed by atoms with Gasteiger partial charge in [-0.3, -0.25) is 4.79 Å². The molecule has 0 amide bonds. The van der Waals surface area contributed by atoms with Gasteiger partial charge in [0.25, 0.3) is 0 Å². The van der Waals surface area contributed by atoms with Crippen LogP contribution in [0.3, 0.4) is 0 Å². The Bertz CT molecular complexity index is 1160. The molecule has 1 aliphatic carbocycles. The Kier molecular flexibility index (Phi) is 5.76. The van der Waals surface area contributed by atoms with Crippen LogP contribution >= 0.6 is 0 Å². The number of hydrazine groups is 1. The van der Waals surface area contributed by atoms with Crippen molar-refractivity contribution in [2.45, 2.75) is 37.1 Å². The minimum atomic E-state index is -1.01. The molecule has 2 aliphatic heterocycles. The number of hydrogen-bond acceptors (Lipinski definition) is 8. The predicted molar refractivity (Wildman–Crippen MR) is 122 cm³/mol. The van der Waals surface area contributed by atoms with E-state index in [-0.39, 0.29) is 35.3 Å². The first-order chi connectivity index (χ1) is 16.4. The van der Waals surface area contributed by atoms with Crippen molar-refractivity contribution in [1.82, 2.24) is 16.2 Å². The lowest BCUT2D eigenvalue weighted by Crippen LogP contribution is -2.51. The number of methoxy groups -OCH3 is 2. The van der Waals surface area contributed by atoms with Crippen molar-refractivity contribution in [2.75, 3.05) is 14.2 Å². The van der Waals surface area contributed by atoms with E-state index in [0.29, 0.717) is 29.9 Å². The predicted octanol–water partition coefficient (Wildman–Crippen LogP) is 1.86. The van der Waals surface area contributed by atoms with Gasteiger partial charge in [0.1, 0.15) is 6.23 Å². The lowest BCUT2D eigenvalue weighted by atomic mass is 9.68. The molecule has 2 heterocycles. The summed E-state index contributed by atoms with van der Waals surface area (Å²) in [5.74, 6) is -0.498. The number of aliphatic hydroxyl groups is 1. The topological polar surface area (TPSA) is 129 Å². The molecule has 0 bridgehead atoms. The number of aliphatic hydroxyl groups excluding tert-OH is 1. The summed E-state index contributed by atoms with van der Waals surface area (Å²) < 4.78 is 10.8. The number of carboxylic acids is 1. The minimum absolute atomic E-state index is 0.0124. The van der Waals surface area contributed by atoms with Crippen LogP contribution in [0.15, 0.2) is 53.7 Å². The van der Waals surface area contributed by atoms with Crippen LogP contribution in [0, 0.1) is 5.92 Å². The van der Waals surface area contributed by atoms with Gasteiger partial charge >= 0.3 is 5.97 Å². The molecule has 0 radical (unpaired) electrons. The van der Waals surface area contributed by atoms with E-state index >= 15 is 0 Å². The number of hydrogen-bond donors (Lipinski definition) is 5. The molecule has 34 heavy (non-hydrogen) atoms. The van der Waals surface area contributed by atoms with E-state index in [1.807, 2.05) is 18.2 Å². The maximum absolute atomic E-state index is 13.6. The second-order valence-electron chi connectivity index (χ2n) is 8.87. The van der Waals surface area contributed by atoms with Crippen LogP contribution in [0.1, 0.15) is 46.2 Å². The van der Waals surface area contributed by atoms with Crippen LogP contribution in [0.2, 0.25) is 0 Å². The second-order valence-corrected chi connectivity index (χ2v) is 8.87. The molecule has 9 nitrogen and oxygen atoms in total. The highest BCUT2D eigenvalue weighted by Crippen LogP contribution is 2.47. The fourth-order valence-corrected chi connectivity index (χ4v) is 5.43. The normalized spacial score (nSPS) is 28.1. The zero-order chi connectivity index (χ0) is 24.0. The lowest BCUT2D eigenvalue weighted by Gasteiger charge is -2.42. The van der Waals surface area contributed by atoms with Gasteiger partial charge in [0.15, 0.2) is 17.3 Å². The fraction of sp³-hybridized carbons (Fsp3) is 0.360. The maximum Gasteiger partial charge on any atom is 0.335 e. The number of allylic oxidation sites excluding steroid dienone is 2. The fourth-order valence-electron chi connectivity index (χ4n) is 5.43. The zero-order valence-electron chi connectivity index (χ0n) is 18.9. The van der Waals surface area contributed by atoms with Crippen LogP contribution in [-0.4, -0.2) is 48.6 Å². The van der Waals surface area contributed by atoms with E-state index in [9.17, 15) is 19.8 Å². The van der Waals surface area contributed by atoms with Crippen molar-refractivity contribution >= 4 is 11.8 Å². The summed E-state index contributed by atoms with van der Waals surface area (Å²) in [6.07, 6.45) is -0.197. The number of carbonyl (C=O) groups excluding carboxylic acids is 1. The molecular weight excluding hydrogens is 438 g/mol. The Morgan fingerprint density at radius 3 is 2.35 bits per heavy atom. The first-order valence-corrected chi connectivity index (χ1v) is 11.2. The number of carbonyl (C=O) groups is 2. The molecule has 5 N–H and O–H groups in total. The third-order valence-corrected chi connectivity index (χ3v) is 7.07. The summed E-state index contributed by atoms with van der Waals surface area (Å²) in [5.41, 5.74) is 9.42. The molecule has 178 valence electrons. The van der Waals surface area contributed by atoms with Gasteiger partial charge in [0.05, 0.1) is 25.9 Å². The van der Waals surface area contributed by atoms with Gasteiger partial charge in [0, 0.05) is 29.5 Å². The number of ketones is 1. The molecule has 5 rings (SSSR count). The number of aromatic carboxylic acids is 1. The summed E-state index contributed by atoms with van der Waals surface area (Å²) in [4.78, 5) is 24.9. The third kappa shape index (κ3) is 3.71. The average Bonchev–Trinajstić information content (AvgIpc) is 3.22. The molecule has 9 heteroatoms. The Morgan fingerprint density at radius 1 is 0.971 bits per heavy atom. The Labute approximate surface area is 196 Å². The van der Waals surface area contributed by atoms with E-state index in [2.05, 4.69) is 16.2 Å². The van der Waals surface area contributed by atoms with E-state index in [0.717, 1.165) is 16.8 Å². The highest BCUT2D eigenvalue weighted by atomic mass is 16.5. The molecule has 3 aliphatic rings. The van der Waals surface area contributed by atoms with Gasteiger partial charge in [-0.05, 0) is 47.7 Å². The monoisotopic (exact) mass is 465 g/mol. The summed E-state index contributed by atoms with van der Waals surface area (Å²) in [6, 6.07) is 12.3. The number of benzene rings is 2. The van der Waals surface area contributed by atoms with Gasteiger partial charge in [-0.2, -0.15) is 0 Å². The van der Waals surface area contributed by atoms with Crippen LogP contribution in [0.4, 0.5) is 0 Å². The summed E-state index contributed by atoms with van der Waals surface area (Å²) in [7, 11) is 3.17. The van der Waals surface area contributed by atoms with Crippen LogP contribution in [0.25, 0.3) is 0 Å². The second kappa shape index (κ2) is 8.75. The Hall–Kier alpha value is -3.40. The van der Waals surface area contributed by atoms with Gasteiger partial charge < -0.3 is 25.0 Å². The molecular formula is C25H27N3O6. The number of Topliss-reactive ketones (excluding diaryl/α,β-unsaturated/α-hetero) is 1. The van der Waals surface area contributed by atoms with Crippen molar-refractivity contribution < 1.29 is 29.3 Å². The Balaban J connectivity index is 1.53. The number of carboxylic acid groups (broad SMARTS) is 1. The van der Waals surface area contributed by atoms with Crippen LogP contribution in [0.5, 0.6) is 11.5 Å². The van der Waals surface area contributed by atoms with E-state index < -0.39 is 12.2 Å². The van der Waals surface area contributed by atoms with Gasteiger partial charge in [-0.25, -0.2) is 15.6 Å². The molecule has 1 saturated heterocycles. The summed E-state index contributed by atoms with van der Waals surface area (Å²) in [5, 5.41) is 23.3. The average molecular weight is 466 g/mol. The van der Waals surface area contributed by atoms with Crippen LogP contribution in [-0.2, 0) is 4.79 Å². The molecule has 2 aromatic carbocycles. The number of ether oxygens (including phenoxy) is 2. The molecule has 1 fully saturated rings. The van der Waals surface area contributed by atoms with E-state index in [4.69, 9.17) is 9.47 Å². The van der Waals surface area contributed by atoms with E-state index in [1.165, 1.54) is 12.1 Å². The summed E-state index contributed by atoms with van der Waals surface area (Å²) in [6.45, 7) is 0. The van der Waals surface area contributed by atoms with Crippen molar-refractivity contribution in [2.24, 2.45) is 5.92 Å². The highest BCUT2D eigenvalue weighted by Gasteiger charge is 2.49. The SMILES string of the molecule is COc1ccc([C@H]2CC(=O)C3=C(C2)NC2NNC(O)C2[C@@H]3c2ccc(C(=O)O)cc2)cc1OC. The molecule has 0 aromatic heterocycles. The van der Waals surface area contributed by atoms with Gasteiger partial charge in [-0.1, -0.05) is 18.2 Å². The zero-order valence-corrected chi connectivity index (χ0v) is 18.9. The largest absolute Gasteiger partial charge is 0.493 e. The highest BCUT2D eigenvalue weighted by molar-refractivity contribution is 5.99. The smallest absolute Gasteiger partial charge is 0.335 e. The number of rotatable bonds is 5. The minimum Gasteiger partial charge on any atom is -0.493 e. The molecule has 5 atom stereocenters. The number of fused-ring (bicyclic) bond motifs is 1. The Morgan fingerprint density at radius 2 is 1.68 bits per heavy atom. The van der Waals surface area contributed by atoms with Gasteiger partial charge in [0.2, 0.25) is 0 Å². The molecule has 2 aromatic rings. The third-order valence-electron chi connectivity index (χ3n) is 7.07. The van der Waals surface area contributed by atoms with Gasteiger partial charge in [-0.15, -0.1) is 0 Å². The maximum atomic E-state index is 13.6. The van der Waals surface area contributed by atoms with Crippen molar-refractivity contribution in [3.8, 4) is 11.5 Å². The van der Waals surface area contributed by atoms with Crippen molar-refractivity contribution in [3.63, 3.8) is 0 Å². The first-order valence-electron chi connectivity index (χ1n) is 11.2.